The fraction of sp³-hybridized carbons (Fsp3) is 0.600. The molecule has 0 bridgehead atoms. The van der Waals surface area contributed by atoms with E-state index in [1.807, 2.05) is 11.8 Å². The van der Waals surface area contributed by atoms with Crippen LogP contribution in [0.3, 0.4) is 0 Å². The number of hydrogen-bond donors (Lipinski definition) is 1. The van der Waals surface area contributed by atoms with Crippen molar-refractivity contribution in [2.24, 2.45) is 0 Å². The quantitative estimate of drug-likeness (QED) is 0.763. The van der Waals surface area contributed by atoms with Crippen molar-refractivity contribution in [2.45, 2.75) is 31.7 Å². The lowest BCUT2D eigenvalue weighted by atomic mass is 10.1. The Kier molecular flexibility index (Phi) is 5.39. The van der Waals surface area contributed by atoms with E-state index in [4.69, 9.17) is 4.74 Å². The van der Waals surface area contributed by atoms with E-state index in [0.29, 0.717) is 6.04 Å². The van der Waals surface area contributed by atoms with Crippen LogP contribution in [0.15, 0.2) is 18.2 Å². The molecule has 0 saturated carbocycles. The fourth-order valence-electron chi connectivity index (χ4n) is 2.57. The zero-order chi connectivity index (χ0) is 12.8. The highest BCUT2D eigenvalue weighted by molar-refractivity contribution is 7.98. The van der Waals surface area contributed by atoms with Crippen LogP contribution >= 0.6 is 11.8 Å². The van der Waals surface area contributed by atoms with Crippen LogP contribution in [0.1, 0.15) is 36.4 Å². The monoisotopic (exact) mass is 265 g/mol. The second kappa shape index (κ2) is 7.05. The number of methoxy groups -OCH3 is 1. The average Bonchev–Trinajstić information content (AvgIpc) is 2.81. The van der Waals surface area contributed by atoms with E-state index in [1.54, 1.807) is 7.11 Å². The first kappa shape index (κ1) is 13.8. The lowest BCUT2D eigenvalue weighted by Crippen LogP contribution is -2.20. The standard InChI is InChI=1S/C15H23NOS/c1-17-13-7-5-12-6-8-15(14(12)11-13)16-9-3-4-10-18-2/h5,7,11,15-16H,3-4,6,8-10H2,1-2H3. The summed E-state index contributed by atoms with van der Waals surface area (Å²) in [6.07, 6.45) is 7.18. The molecule has 0 heterocycles. The number of unbranched alkanes of at least 4 members (excludes halogenated alkanes) is 1. The van der Waals surface area contributed by atoms with Gasteiger partial charge in [-0.05, 0) is 67.5 Å². The molecule has 1 aromatic carbocycles. The number of fused-ring (bicyclic) bond motifs is 1. The minimum Gasteiger partial charge on any atom is -0.497 e. The van der Waals surface area contributed by atoms with Crippen LogP contribution in [0.4, 0.5) is 0 Å². The highest BCUT2D eigenvalue weighted by atomic mass is 32.2. The van der Waals surface area contributed by atoms with Crippen LogP contribution in [0, 0.1) is 0 Å². The summed E-state index contributed by atoms with van der Waals surface area (Å²) >= 11 is 1.93. The zero-order valence-corrected chi connectivity index (χ0v) is 12.2. The first-order valence-corrected chi connectivity index (χ1v) is 8.13. The SMILES string of the molecule is COc1ccc2c(c1)C(NCCCCSC)CC2. The van der Waals surface area contributed by atoms with Crippen LogP contribution in [0.2, 0.25) is 0 Å². The summed E-state index contributed by atoms with van der Waals surface area (Å²) in [6.45, 7) is 1.13. The van der Waals surface area contributed by atoms with E-state index in [2.05, 4.69) is 29.8 Å². The third kappa shape index (κ3) is 3.42. The first-order chi connectivity index (χ1) is 8.85. The Morgan fingerprint density at radius 2 is 2.28 bits per heavy atom. The maximum Gasteiger partial charge on any atom is 0.119 e. The minimum atomic E-state index is 0.532. The summed E-state index contributed by atoms with van der Waals surface area (Å²) in [5.41, 5.74) is 2.93. The molecule has 1 atom stereocenters. The maximum absolute atomic E-state index is 5.31. The molecule has 0 amide bonds. The molecule has 1 aromatic rings. The Morgan fingerprint density at radius 3 is 3.06 bits per heavy atom. The maximum atomic E-state index is 5.31. The average molecular weight is 265 g/mol. The molecule has 0 aromatic heterocycles. The van der Waals surface area contributed by atoms with Gasteiger partial charge in [-0.2, -0.15) is 11.8 Å². The van der Waals surface area contributed by atoms with Gasteiger partial charge >= 0.3 is 0 Å². The number of ether oxygens (including phenoxy) is 1. The predicted octanol–water partition coefficient (Wildman–Crippen LogP) is 3.42. The minimum absolute atomic E-state index is 0.532. The van der Waals surface area contributed by atoms with E-state index in [0.717, 1.165) is 12.3 Å². The summed E-state index contributed by atoms with van der Waals surface area (Å²) < 4.78 is 5.31. The molecular weight excluding hydrogens is 242 g/mol. The highest BCUT2D eigenvalue weighted by Gasteiger charge is 2.22. The molecule has 0 spiro atoms. The molecule has 2 nitrogen and oxygen atoms in total. The van der Waals surface area contributed by atoms with Crippen LogP contribution < -0.4 is 10.1 Å². The smallest absolute Gasteiger partial charge is 0.119 e. The molecule has 3 heteroatoms. The second-order valence-corrected chi connectivity index (χ2v) is 5.80. The highest BCUT2D eigenvalue weighted by Crippen LogP contribution is 2.33. The summed E-state index contributed by atoms with van der Waals surface area (Å²) in [4.78, 5) is 0. The Labute approximate surface area is 114 Å². The molecule has 1 aliphatic carbocycles. The van der Waals surface area contributed by atoms with E-state index in [9.17, 15) is 0 Å². The van der Waals surface area contributed by atoms with Gasteiger partial charge in [-0.15, -0.1) is 0 Å². The molecule has 100 valence electrons. The lowest BCUT2D eigenvalue weighted by molar-refractivity contribution is 0.413. The van der Waals surface area contributed by atoms with Crippen molar-refractivity contribution < 1.29 is 4.74 Å². The Hall–Kier alpha value is -0.670. The van der Waals surface area contributed by atoms with Crippen molar-refractivity contribution in [3.8, 4) is 5.75 Å². The molecule has 0 radical (unpaired) electrons. The van der Waals surface area contributed by atoms with Gasteiger partial charge in [-0.3, -0.25) is 0 Å². The number of benzene rings is 1. The first-order valence-electron chi connectivity index (χ1n) is 6.74. The molecule has 0 fully saturated rings. The fourth-order valence-corrected chi connectivity index (χ4v) is 3.06. The van der Waals surface area contributed by atoms with E-state index in [1.165, 1.54) is 42.6 Å². The summed E-state index contributed by atoms with van der Waals surface area (Å²) in [5, 5.41) is 3.68. The lowest BCUT2D eigenvalue weighted by Gasteiger charge is -2.14. The Bertz CT molecular complexity index is 381. The van der Waals surface area contributed by atoms with Gasteiger partial charge in [0, 0.05) is 6.04 Å². The summed E-state index contributed by atoms with van der Waals surface area (Å²) in [7, 11) is 1.74. The Balaban J connectivity index is 1.86. The molecule has 2 rings (SSSR count). The van der Waals surface area contributed by atoms with Gasteiger partial charge < -0.3 is 10.1 Å². The molecule has 0 saturated heterocycles. The molecule has 1 N–H and O–H groups in total. The molecule has 0 aliphatic heterocycles. The van der Waals surface area contributed by atoms with Crippen molar-refractivity contribution >= 4 is 11.8 Å². The van der Waals surface area contributed by atoms with Gasteiger partial charge in [-0.1, -0.05) is 6.07 Å². The zero-order valence-electron chi connectivity index (χ0n) is 11.4. The van der Waals surface area contributed by atoms with Crippen molar-refractivity contribution in [3.63, 3.8) is 0 Å². The van der Waals surface area contributed by atoms with Crippen molar-refractivity contribution in [2.75, 3.05) is 25.7 Å². The predicted molar refractivity (Wildman–Crippen MR) is 79.7 cm³/mol. The summed E-state index contributed by atoms with van der Waals surface area (Å²) in [6, 6.07) is 7.01. The normalized spacial score (nSPS) is 17.8. The van der Waals surface area contributed by atoms with Crippen LogP contribution in [0.25, 0.3) is 0 Å². The Morgan fingerprint density at radius 1 is 1.39 bits per heavy atom. The third-order valence-electron chi connectivity index (χ3n) is 3.60. The number of aryl methyl sites for hydroxylation is 1. The molecule has 1 aliphatic rings. The molecule has 18 heavy (non-hydrogen) atoms. The number of nitrogens with one attached hydrogen (secondary N) is 1. The van der Waals surface area contributed by atoms with Crippen molar-refractivity contribution in [1.82, 2.24) is 5.32 Å². The second-order valence-electron chi connectivity index (χ2n) is 4.81. The number of thioether (sulfide) groups is 1. The van der Waals surface area contributed by atoms with Gasteiger partial charge in [0.05, 0.1) is 7.11 Å². The van der Waals surface area contributed by atoms with E-state index >= 15 is 0 Å². The van der Waals surface area contributed by atoms with Gasteiger partial charge in [0.1, 0.15) is 5.75 Å². The largest absolute Gasteiger partial charge is 0.497 e. The number of rotatable bonds is 7. The number of hydrogen-bond acceptors (Lipinski definition) is 3. The summed E-state index contributed by atoms with van der Waals surface area (Å²) in [5.74, 6) is 2.25. The van der Waals surface area contributed by atoms with E-state index in [-0.39, 0.29) is 0 Å². The van der Waals surface area contributed by atoms with Crippen LogP contribution in [-0.2, 0) is 6.42 Å². The molecular formula is C15H23NOS. The van der Waals surface area contributed by atoms with Crippen molar-refractivity contribution in [3.05, 3.63) is 29.3 Å². The van der Waals surface area contributed by atoms with E-state index < -0.39 is 0 Å². The van der Waals surface area contributed by atoms with Crippen molar-refractivity contribution in [1.29, 1.82) is 0 Å². The molecule has 1 unspecified atom stereocenters. The van der Waals surface area contributed by atoms with Crippen LogP contribution in [0.5, 0.6) is 5.75 Å². The van der Waals surface area contributed by atoms with Gasteiger partial charge in [0.25, 0.3) is 0 Å². The third-order valence-corrected chi connectivity index (χ3v) is 4.29. The van der Waals surface area contributed by atoms with Crippen LogP contribution in [-0.4, -0.2) is 25.7 Å². The van der Waals surface area contributed by atoms with Gasteiger partial charge in [0.2, 0.25) is 0 Å². The van der Waals surface area contributed by atoms with Gasteiger partial charge in [0.15, 0.2) is 0 Å². The van der Waals surface area contributed by atoms with Gasteiger partial charge in [-0.25, -0.2) is 0 Å². The topological polar surface area (TPSA) is 21.3 Å².